The molecule has 2 rings (SSSR count). The van der Waals surface area contributed by atoms with Crippen molar-refractivity contribution in [1.82, 2.24) is 0 Å². The summed E-state index contributed by atoms with van der Waals surface area (Å²) in [5, 5.41) is 13.6. The Morgan fingerprint density at radius 2 is 1.77 bits per heavy atom. The molecular weight excluding hydrogens is 284 g/mol. The van der Waals surface area contributed by atoms with Crippen molar-refractivity contribution in [3.8, 4) is 11.1 Å². The number of ketones is 1. The number of carbonyl (C=O) groups excluding carboxylic acids is 2. The van der Waals surface area contributed by atoms with Crippen molar-refractivity contribution in [2.24, 2.45) is 0 Å². The van der Waals surface area contributed by atoms with Crippen LogP contribution in [0.5, 0.6) is 0 Å². The molecule has 6 heteroatoms. The molecule has 0 aromatic heterocycles. The van der Waals surface area contributed by atoms with Gasteiger partial charge in [-0.3, -0.25) is 19.7 Å². The number of benzene rings is 2. The highest BCUT2D eigenvalue weighted by molar-refractivity contribution is 6.04. The fourth-order valence-electron chi connectivity index (χ4n) is 2.02. The van der Waals surface area contributed by atoms with Crippen molar-refractivity contribution in [2.75, 3.05) is 5.32 Å². The lowest BCUT2D eigenvalue weighted by Gasteiger charge is -2.07. The van der Waals surface area contributed by atoms with Crippen molar-refractivity contribution >= 4 is 23.1 Å². The van der Waals surface area contributed by atoms with E-state index in [1.165, 1.54) is 19.1 Å². The third kappa shape index (κ3) is 3.76. The van der Waals surface area contributed by atoms with Crippen molar-refractivity contribution in [3.63, 3.8) is 0 Å². The van der Waals surface area contributed by atoms with Gasteiger partial charge in [0.2, 0.25) is 5.91 Å². The quantitative estimate of drug-likeness (QED) is 0.521. The minimum absolute atomic E-state index is 0.0796. The van der Waals surface area contributed by atoms with Crippen LogP contribution in [0.2, 0.25) is 0 Å². The number of rotatable bonds is 5. The average molecular weight is 298 g/mol. The number of nitro groups is 1. The number of hydrogen-bond donors (Lipinski definition) is 1. The number of nitro benzene ring substituents is 1. The van der Waals surface area contributed by atoms with Crippen LogP contribution in [0.25, 0.3) is 11.1 Å². The molecule has 0 fully saturated rings. The maximum Gasteiger partial charge on any atom is 0.293 e. The molecule has 0 aliphatic heterocycles. The van der Waals surface area contributed by atoms with E-state index >= 15 is 0 Å². The summed E-state index contributed by atoms with van der Waals surface area (Å²) in [6.07, 6.45) is -0.308. The monoisotopic (exact) mass is 298 g/mol. The lowest BCUT2D eigenvalue weighted by Crippen LogP contribution is -2.15. The third-order valence-electron chi connectivity index (χ3n) is 2.99. The highest BCUT2D eigenvalue weighted by atomic mass is 16.6. The molecule has 2 aromatic rings. The van der Waals surface area contributed by atoms with E-state index in [2.05, 4.69) is 5.32 Å². The zero-order valence-corrected chi connectivity index (χ0v) is 11.9. The number of carbonyl (C=O) groups is 2. The number of anilines is 1. The minimum Gasteiger partial charge on any atom is -0.320 e. The SMILES string of the molecule is CC(=O)CC(=O)Nc1ccc(-c2ccccc2)cc1[N+](=O)[O-]. The van der Waals surface area contributed by atoms with E-state index in [4.69, 9.17) is 0 Å². The van der Waals surface area contributed by atoms with Gasteiger partial charge in [0.1, 0.15) is 11.5 Å². The van der Waals surface area contributed by atoms with Gasteiger partial charge in [-0.2, -0.15) is 0 Å². The van der Waals surface area contributed by atoms with Gasteiger partial charge >= 0.3 is 0 Å². The molecule has 0 saturated carbocycles. The molecule has 0 spiro atoms. The van der Waals surface area contributed by atoms with Gasteiger partial charge in [-0.05, 0) is 24.1 Å². The van der Waals surface area contributed by atoms with Gasteiger partial charge in [0.05, 0.1) is 11.3 Å². The van der Waals surface area contributed by atoms with Crippen molar-refractivity contribution < 1.29 is 14.5 Å². The smallest absolute Gasteiger partial charge is 0.293 e. The van der Waals surface area contributed by atoms with Gasteiger partial charge in [0.25, 0.3) is 5.69 Å². The number of amides is 1. The highest BCUT2D eigenvalue weighted by Gasteiger charge is 2.17. The van der Waals surface area contributed by atoms with Crippen LogP contribution in [-0.2, 0) is 9.59 Å². The number of nitrogens with zero attached hydrogens (tertiary/aromatic N) is 1. The first-order valence-corrected chi connectivity index (χ1v) is 6.60. The number of nitrogens with one attached hydrogen (secondary N) is 1. The van der Waals surface area contributed by atoms with Crippen LogP contribution in [0.1, 0.15) is 13.3 Å². The second kappa shape index (κ2) is 6.62. The van der Waals surface area contributed by atoms with E-state index < -0.39 is 10.8 Å². The molecule has 0 radical (unpaired) electrons. The minimum atomic E-state index is -0.567. The highest BCUT2D eigenvalue weighted by Crippen LogP contribution is 2.30. The Balaban J connectivity index is 2.34. The van der Waals surface area contributed by atoms with Crippen LogP contribution >= 0.6 is 0 Å². The van der Waals surface area contributed by atoms with Crippen LogP contribution in [0.15, 0.2) is 48.5 Å². The molecular formula is C16H14N2O4. The number of Topliss-reactive ketones (excluding diaryl/α,β-unsaturated/α-hetero) is 1. The molecule has 0 heterocycles. The maximum absolute atomic E-state index is 11.6. The van der Waals surface area contributed by atoms with Crippen molar-refractivity contribution in [2.45, 2.75) is 13.3 Å². The Hall–Kier alpha value is -3.02. The predicted molar refractivity (Wildman–Crippen MR) is 82.5 cm³/mol. The zero-order valence-electron chi connectivity index (χ0n) is 11.9. The molecule has 0 bridgehead atoms. The normalized spacial score (nSPS) is 10.0. The summed E-state index contributed by atoms with van der Waals surface area (Å²) < 4.78 is 0. The summed E-state index contributed by atoms with van der Waals surface area (Å²) >= 11 is 0. The molecule has 112 valence electrons. The summed E-state index contributed by atoms with van der Waals surface area (Å²) in [5.41, 5.74) is 1.39. The van der Waals surface area contributed by atoms with Gasteiger partial charge < -0.3 is 5.32 Å². The molecule has 0 atom stereocenters. The summed E-state index contributed by atoms with van der Waals surface area (Å²) in [7, 11) is 0. The Kier molecular flexibility index (Phi) is 4.63. The Bertz CT molecular complexity index is 726. The van der Waals surface area contributed by atoms with E-state index in [1.807, 2.05) is 30.3 Å². The lowest BCUT2D eigenvalue weighted by molar-refractivity contribution is -0.383. The summed E-state index contributed by atoms with van der Waals surface area (Å²) in [4.78, 5) is 33.1. The average Bonchev–Trinajstić information content (AvgIpc) is 2.47. The van der Waals surface area contributed by atoms with Crippen LogP contribution < -0.4 is 5.32 Å². The molecule has 6 nitrogen and oxygen atoms in total. The Morgan fingerprint density at radius 1 is 1.09 bits per heavy atom. The molecule has 0 unspecified atom stereocenters. The van der Waals surface area contributed by atoms with Gasteiger partial charge in [0.15, 0.2) is 0 Å². The fraction of sp³-hybridized carbons (Fsp3) is 0.125. The zero-order chi connectivity index (χ0) is 16.1. The molecule has 0 aliphatic carbocycles. The standard InChI is InChI=1S/C16H14N2O4/c1-11(19)9-16(20)17-14-8-7-13(10-15(14)18(21)22)12-5-3-2-4-6-12/h2-8,10H,9H2,1H3,(H,17,20). The van der Waals surface area contributed by atoms with Crippen LogP contribution in [0, 0.1) is 10.1 Å². The molecule has 2 aromatic carbocycles. The van der Waals surface area contributed by atoms with Gasteiger partial charge in [-0.25, -0.2) is 0 Å². The second-order valence-electron chi connectivity index (χ2n) is 4.78. The predicted octanol–water partition coefficient (Wildman–Crippen LogP) is 3.18. The van der Waals surface area contributed by atoms with E-state index in [0.717, 1.165) is 5.56 Å². The van der Waals surface area contributed by atoms with Crippen molar-refractivity contribution in [1.29, 1.82) is 0 Å². The second-order valence-corrected chi connectivity index (χ2v) is 4.78. The van der Waals surface area contributed by atoms with Crippen LogP contribution in [-0.4, -0.2) is 16.6 Å². The summed E-state index contributed by atoms with van der Waals surface area (Å²) in [6, 6.07) is 13.8. The first kappa shape index (κ1) is 15.4. The molecule has 1 amide bonds. The largest absolute Gasteiger partial charge is 0.320 e. The van der Waals surface area contributed by atoms with E-state index in [-0.39, 0.29) is 23.6 Å². The van der Waals surface area contributed by atoms with E-state index in [1.54, 1.807) is 6.07 Å². The molecule has 0 aliphatic rings. The summed E-state index contributed by atoms with van der Waals surface area (Å²) in [5.74, 6) is -0.871. The molecule has 1 N–H and O–H groups in total. The molecule has 0 saturated heterocycles. The van der Waals surface area contributed by atoms with Crippen molar-refractivity contribution in [3.05, 3.63) is 58.6 Å². The van der Waals surface area contributed by atoms with E-state index in [9.17, 15) is 19.7 Å². The topological polar surface area (TPSA) is 89.3 Å². The first-order chi connectivity index (χ1) is 10.5. The third-order valence-corrected chi connectivity index (χ3v) is 2.99. The lowest BCUT2D eigenvalue weighted by atomic mass is 10.0. The van der Waals surface area contributed by atoms with Crippen LogP contribution in [0.3, 0.4) is 0 Å². The van der Waals surface area contributed by atoms with Gasteiger partial charge in [-0.15, -0.1) is 0 Å². The Morgan fingerprint density at radius 3 is 2.36 bits per heavy atom. The number of hydrogen-bond acceptors (Lipinski definition) is 4. The summed E-state index contributed by atoms with van der Waals surface area (Å²) in [6.45, 7) is 1.28. The van der Waals surface area contributed by atoms with Gasteiger partial charge in [0, 0.05) is 6.07 Å². The van der Waals surface area contributed by atoms with E-state index in [0.29, 0.717) is 5.56 Å². The fourth-order valence-corrected chi connectivity index (χ4v) is 2.02. The molecule has 22 heavy (non-hydrogen) atoms. The maximum atomic E-state index is 11.6. The van der Waals surface area contributed by atoms with Crippen LogP contribution in [0.4, 0.5) is 11.4 Å². The first-order valence-electron chi connectivity index (χ1n) is 6.60. The van der Waals surface area contributed by atoms with Gasteiger partial charge in [-0.1, -0.05) is 36.4 Å². The Labute approximate surface area is 126 Å².